The number of amides is 1. The van der Waals surface area contributed by atoms with Gasteiger partial charge in [-0.1, -0.05) is 6.92 Å². The van der Waals surface area contributed by atoms with E-state index in [4.69, 9.17) is 4.74 Å². The fourth-order valence-corrected chi connectivity index (χ4v) is 4.67. The number of benzene rings is 2. The maximum atomic E-state index is 14.0. The van der Waals surface area contributed by atoms with Crippen molar-refractivity contribution in [3.05, 3.63) is 65.1 Å². The molecule has 1 heterocycles. The summed E-state index contributed by atoms with van der Waals surface area (Å²) in [4.78, 5) is 24.3. The van der Waals surface area contributed by atoms with Crippen molar-refractivity contribution < 1.29 is 37.0 Å². The Kier molecular flexibility index (Phi) is 6.73. The summed E-state index contributed by atoms with van der Waals surface area (Å²) < 4.78 is 59.1. The number of fused-ring (bicyclic) bond motifs is 3. The van der Waals surface area contributed by atoms with Crippen molar-refractivity contribution in [3.63, 3.8) is 0 Å². The molecular weight excluding hydrogens is 468 g/mol. The molecule has 1 aliphatic carbocycles. The Labute approximate surface area is 198 Å². The molecule has 1 amide bonds. The molecule has 0 spiro atoms. The van der Waals surface area contributed by atoms with E-state index in [1.807, 2.05) is 0 Å². The van der Waals surface area contributed by atoms with E-state index in [0.29, 0.717) is 36.6 Å². The van der Waals surface area contributed by atoms with Gasteiger partial charge in [-0.15, -0.1) is 0 Å². The molecule has 1 aliphatic rings. The number of halogens is 4. The molecule has 186 valence electrons. The van der Waals surface area contributed by atoms with E-state index in [2.05, 4.69) is 5.32 Å². The lowest BCUT2D eigenvalue weighted by atomic mass is 9.91. The number of carboxylic acid groups (broad SMARTS) is 1. The van der Waals surface area contributed by atoms with Gasteiger partial charge < -0.3 is 19.7 Å². The van der Waals surface area contributed by atoms with Crippen LogP contribution in [0.4, 0.5) is 17.6 Å². The Morgan fingerprint density at radius 3 is 2.54 bits per heavy atom. The lowest BCUT2D eigenvalue weighted by molar-refractivity contribution is -0.141. The molecule has 0 fully saturated rings. The number of rotatable bonds is 7. The van der Waals surface area contributed by atoms with Gasteiger partial charge in [0.05, 0.1) is 5.56 Å². The van der Waals surface area contributed by atoms with Gasteiger partial charge in [0.25, 0.3) is 5.91 Å². The van der Waals surface area contributed by atoms with Gasteiger partial charge in [0.1, 0.15) is 17.6 Å². The molecule has 2 N–H and O–H groups in total. The number of carbonyl (C=O) groups excluding carboxylic acids is 1. The zero-order valence-corrected chi connectivity index (χ0v) is 18.9. The second kappa shape index (κ2) is 9.59. The molecule has 1 aromatic heterocycles. The van der Waals surface area contributed by atoms with Crippen molar-refractivity contribution in [1.29, 1.82) is 0 Å². The molecule has 0 bridgehead atoms. The molecule has 0 radical (unpaired) electrons. The molecular formula is C25H24F4N2O4. The number of nitrogens with zero attached hydrogens (tertiary/aromatic N) is 1. The van der Waals surface area contributed by atoms with Crippen LogP contribution in [0.5, 0.6) is 5.75 Å². The highest BCUT2D eigenvalue weighted by atomic mass is 19.4. The third-order valence-corrected chi connectivity index (χ3v) is 6.26. The van der Waals surface area contributed by atoms with Gasteiger partial charge in [-0.05, 0) is 73.7 Å². The summed E-state index contributed by atoms with van der Waals surface area (Å²) >= 11 is 0. The predicted octanol–water partition coefficient (Wildman–Crippen LogP) is 4.89. The van der Waals surface area contributed by atoms with Crippen LogP contribution in [0.15, 0.2) is 42.5 Å². The minimum atomic E-state index is -4.45. The maximum absolute atomic E-state index is 14.0. The van der Waals surface area contributed by atoms with E-state index in [1.54, 1.807) is 17.6 Å². The smallest absolute Gasteiger partial charge is 0.416 e. The summed E-state index contributed by atoms with van der Waals surface area (Å²) in [5, 5.41) is 13.2. The SMILES string of the molecule is CCC(C(=O)O)n1c2c(c3cc(F)ccc31)CC(NC(=O)COc1ccc(C(F)(F)F)cc1)CC2. The summed E-state index contributed by atoms with van der Waals surface area (Å²) in [5.74, 6) is -1.70. The summed E-state index contributed by atoms with van der Waals surface area (Å²) in [5.41, 5.74) is 1.46. The number of carboxylic acids is 1. The third kappa shape index (κ3) is 5.11. The average molecular weight is 492 g/mol. The monoisotopic (exact) mass is 492 g/mol. The van der Waals surface area contributed by atoms with Crippen molar-refractivity contribution in [2.24, 2.45) is 0 Å². The molecule has 0 saturated heterocycles. The average Bonchev–Trinajstić information content (AvgIpc) is 3.10. The standard InChI is InChI=1S/C25H24F4N2O4/c1-2-20(24(33)34)31-21-9-5-15(26)11-18(21)19-12-16(6-10-22(19)31)30-23(32)13-35-17-7-3-14(4-8-17)25(27,28)29/h3-5,7-9,11,16,20H,2,6,10,12-13H2,1H3,(H,30,32)(H,33,34). The van der Waals surface area contributed by atoms with E-state index in [-0.39, 0.29) is 18.4 Å². The lowest BCUT2D eigenvalue weighted by Gasteiger charge is -2.26. The molecule has 10 heteroatoms. The molecule has 2 unspecified atom stereocenters. The van der Waals surface area contributed by atoms with E-state index >= 15 is 0 Å². The second-order valence-corrected chi connectivity index (χ2v) is 8.54. The summed E-state index contributed by atoms with van der Waals surface area (Å²) in [6.07, 6.45) is -2.65. The quantitative estimate of drug-likeness (QED) is 0.461. The zero-order chi connectivity index (χ0) is 25.3. The normalized spacial score (nSPS) is 16.5. The highest BCUT2D eigenvalue weighted by Gasteiger charge is 2.31. The molecule has 4 rings (SSSR count). The highest BCUT2D eigenvalue weighted by Crippen LogP contribution is 2.36. The van der Waals surface area contributed by atoms with Crippen molar-refractivity contribution >= 4 is 22.8 Å². The van der Waals surface area contributed by atoms with Gasteiger partial charge in [-0.25, -0.2) is 9.18 Å². The maximum Gasteiger partial charge on any atom is 0.416 e. The van der Waals surface area contributed by atoms with Crippen LogP contribution in [0.3, 0.4) is 0 Å². The number of carbonyl (C=O) groups is 2. The van der Waals surface area contributed by atoms with Gasteiger partial charge in [-0.2, -0.15) is 13.2 Å². The van der Waals surface area contributed by atoms with Gasteiger partial charge in [0.2, 0.25) is 0 Å². The Balaban J connectivity index is 1.47. The fourth-order valence-electron chi connectivity index (χ4n) is 4.67. The molecule has 0 saturated carbocycles. The number of aromatic nitrogens is 1. The number of aliphatic carboxylic acids is 1. The van der Waals surface area contributed by atoms with Gasteiger partial charge >= 0.3 is 12.1 Å². The van der Waals surface area contributed by atoms with Crippen LogP contribution < -0.4 is 10.1 Å². The van der Waals surface area contributed by atoms with E-state index < -0.39 is 35.5 Å². The van der Waals surface area contributed by atoms with Crippen LogP contribution in [0.25, 0.3) is 10.9 Å². The topological polar surface area (TPSA) is 80.6 Å². The van der Waals surface area contributed by atoms with Crippen LogP contribution in [-0.2, 0) is 28.6 Å². The van der Waals surface area contributed by atoms with Crippen LogP contribution in [0, 0.1) is 5.82 Å². The van der Waals surface area contributed by atoms with Crippen LogP contribution in [-0.4, -0.2) is 34.2 Å². The Hall–Kier alpha value is -3.56. The summed E-state index contributed by atoms with van der Waals surface area (Å²) in [7, 11) is 0. The number of hydrogen-bond donors (Lipinski definition) is 2. The first-order chi connectivity index (χ1) is 16.6. The Bertz CT molecular complexity index is 1250. The number of hydrogen-bond acceptors (Lipinski definition) is 3. The van der Waals surface area contributed by atoms with Crippen LogP contribution >= 0.6 is 0 Å². The summed E-state index contributed by atoms with van der Waals surface area (Å²) in [6, 6.07) is 7.27. The van der Waals surface area contributed by atoms with E-state index in [0.717, 1.165) is 35.5 Å². The van der Waals surface area contributed by atoms with Gasteiger partial charge in [0.15, 0.2) is 6.61 Å². The first kappa shape index (κ1) is 24.6. The number of nitrogens with one attached hydrogen (secondary N) is 1. The lowest BCUT2D eigenvalue weighted by Crippen LogP contribution is -2.41. The fraction of sp³-hybridized carbons (Fsp3) is 0.360. The number of alkyl halides is 3. The van der Waals surface area contributed by atoms with Crippen molar-refractivity contribution in [2.45, 2.75) is 50.9 Å². The highest BCUT2D eigenvalue weighted by molar-refractivity contribution is 5.88. The second-order valence-electron chi connectivity index (χ2n) is 8.54. The zero-order valence-electron chi connectivity index (χ0n) is 18.9. The first-order valence-electron chi connectivity index (χ1n) is 11.2. The predicted molar refractivity (Wildman–Crippen MR) is 120 cm³/mol. The molecule has 0 aliphatic heterocycles. The van der Waals surface area contributed by atoms with Gasteiger partial charge in [-0.3, -0.25) is 4.79 Å². The van der Waals surface area contributed by atoms with Crippen molar-refractivity contribution in [2.75, 3.05) is 6.61 Å². The molecule has 6 nitrogen and oxygen atoms in total. The Morgan fingerprint density at radius 2 is 1.91 bits per heavy atom. The molecule has 35 heavy (non-hydrogen) atoms. The van der Waals surface area contributed by atoms with Crippen LogP contribution in [0.1, 0.15) is 42.6 Å². The Morgan fingerprint density at radius 1 is 1.20 bits per heavy atom. The summed E-state index contributed by atoms with van der Waals surface area (Å²) in [6.45, 7) is 1.41. The largest absolute Gasteiger partial charge is 0.484 e. The van der Waals surface area contributed by atoms with E-state index in [9.17, 15) is 32.3 Å². The van der Waals surface area contributed by atoms with Crippen molar-refractivity contribution in [3.8, 4) is 5.75 Å². The third-order valence-electron chi connectivity index (χ3n) is 6.26. The van der Waals surface area contributed by atoms with Gasteiger partial charge in [0, 0.05) is 22.6 Å². The first-order valence-corrected chi connectivity index (χ1v) is 11.2. The molecule has 2 atom stereocenters. The minimum Gasteiger partial charge on any atom is -0.484 e. The van der Waals surface area contributed by atoms with Crippen molar-refractivity contribution in [1.82, 2.24) is 9.88 Å². The van der Waals surface area contributed by atoms with Crippen LogP contribution in [0.2, 0.25) is 0 Å². The van der Waals surface area contributed by atoms with E-state index in [1.165, 1.54) is 12.1 Å². The number of ether oxygens (including phenoxy) is 1. The minimum absolute atomic E-state index is 0.136. The molecule has 2 aromatic carbocycles. The molecule has 3 aromatic rings.